The zero-order valence-corrected chi connectivity index (χ0v) is 16.8. The van der Waals surface area contributed by atoms with E-state index in [1.54, 1.807) is 0 Å². The lowest BCUT2D eigenvalue weighted by atomic mass is 10.1. The van der Waals surface area contributed by atoms with E-state index in [-0.39, 0.29) is 18.4 Å². The molecule has 0 bridgehead atoms. The summed E-state index contributed by atoms with van der Waals surface area (Å²) in [6.07, 6.45) is 4.34. The standard InChI is InChI=1S/C21H36N4O2/c1-17(2)12-15-23-13-7-11-19(25-20(26)16-22)21(27)24-14-6-10-18-8-4-3-5-9-18/h3-5,8-9,17,19,23H,6-7,10-16,22H2,1-2H3,(H,24,27)(H,25,26)/t19-/m0/s1. The van der Waals surface area contributed by atoms with Crippen molar-refractivity contribution in [3.63, 3.8) is 0 Å². The number of benzene rings is 1. The predicted molar refractivity (Wildman–Crippen MR) is 110 cm³/mol. The molecule has 5 N–H and O–H groups in total. The minimum atomic E-state index is -0.523. The van der Waals surface area contributed by atoms with E-state index < -0.39 is 6.04 Å². The Hall–Kier alpha value is -1.92. The molecule has 0 radical (unpaired) electrons. The lowest BCUT2D eigenvalue weighted by Crippen LogP contribution is -2.48. The Bertz CT molecular complexity index is 534. The number of nitrogens with two attached hydrogens (primary N) is 1. The zero-order chi connectivity index (χ0) is 19.9. The van der Waals surface area contributed by atoms with Crippen LogP contribution in [0.1, 0.15) is 45.1 Å². The maximum Gasteiger partial charge on any atom is 0.242 e. The van der Waals surface area contributed by atoms with E-state index in [1.807, 2.05) is 18.2 Å². The molecule has 0 aliphatic rings. The van der Waals surface area contributed by atoms with Gasteiger partial charge >= 0.3 is 0 Å². The van der Waals surface area contributed by atoms with Crippen LogP contribution in [0.2, 0.25) is 0 Å². The molecular formula is C21H36N4O2. The Morgan fingerprint density at radius 3 is 2.41 bits per heavy atom. The van der Waals surface area contributed by atoms with Gasteiger partial charge in [0.15, 0.2) is 0 Å². The highest BCUT2D eigenvalue weighted by Crippen LogP contribution is 2.02. The molecule has 152 valence electrons. The van der Waals surface area contributed by atoms with Crippen molar-refractivity contribution in [1.82, 2.24) is 16.0 Å². The monoisotopic (exact) mass is 376 g/mol. The Morgan fingerprint density at radius 2 is 1.74 bits per heavy atom. The van der Waals surface area contributed by atoms with Gasteiger partial charge in [-0.25, -0.2) is 0 Å². The average molecular weight is 377 g/mol. The van der Waals surface area contributed by atoms with E-state index in [2.05, 4.69) is 41.9 Å². The predicted octanol–water partition coefficient (Wildman–Crippen LogP) is 1.59. The SMILES string of the molecule is CC(C)CCNCCC[C@H](NC(=O)CN)C(=O)NCCCc1ccccc1. The van der Waals surface area contributed by atoms with E-state index in [4.69, 9.17) is 5.73 Å². The van der Waals surface area contributed by atoms with Crippen molar-refractivity contribution in [2.45, 2.75) is 52.0 Å². The molecule has 1 rings (SSSR count). The van der Waals surface area contributed by atoms with Crippen molar-refractivity contribution in [3.05, 3.63) is 35.9 Å². The lowest BCUT2D eigenvalue weighted by Gasteiger charge is -2.18. The minimum Gasteiger partial charge on any atom is -0.354 e. The molecule has 0 aromatic heterocycles. The van der Waals surface area contributed by atoms with Crippen LogP contribution in [0.4, 0.5) is 0 Å². The van der Waals surface area contributed by atoms with Crippen LogP contribution in [0.3, 0.4) is 0 Å². The normalized spacial score (nSPS) is 12.0. The molecule has 2 amide bonds. The second-order valence-corrected chi connectivity index (χ2v) is 7.28. The number of rotatable bonds is 14. The third kappa shape index (κ3) is 11.4. The second-order valence-electron chi connectivity index (χ2n) is 7.28. The lowest BCUT2D eigenvalue weighted by molar-refractivity contribution is -0.128. The number of aryl methyl sites for hydroxylation is 1. The molecule has 1 aromatic carbocycles. The highest BCUT2D eigenvalue weighted by atomic mass is 16.2. The first kappa shape index (κ1) is 23.1. The highest BCUT2D eigenvalue weighted by molar-refractivity contribution is 5.88. The number of nitrogens with one attached hydrogen (secondary N) is 3. The van der Waals surface area contributed by atoms with Crippen LogP contribution in [-0.4, -0.2) is 44.0 Å². The van der Waals surface area contributed by atoms with Gasteiger partial charge in [0.05, 0.1) is 6.54 Å². The number of amides is 2. The fourth-order valence-corrected chi connectivity index (χ4v) is 2.74. The fraction of sp³-hybridized carbons (Fsp3) is 0.619. The first-order valence-corrected chi connectivity index (χ1v) is 10.0. The van der Waals surface area contributed by atoms with Crippen LogP contribution in [-0.2, 0) is 16.0 Å². The third-order valence-electron chi connectivity index (χ3n) is 4.37. The summed E-state index contributed by atoms with van der Waals surface area (Å²) >= 11 is 0. The second kappa shape index (κ2) is 14.2. The molecule has 0 saturated carbocycles. The van der Waals surface area contributed by atoms with E-state index in [0.717, 1.165) is 38.8 Å². The van der Waals surface area contributed by atoms with Crippen molar-refractivity contribution < 1.29 is 9.59 Å². The summed E-state index contributed by atoms with van der Waals surface area (Å²) in [5.74, 6) is 0.245. The van der Waals surface area contributed by atoms with Gasteiger partial charge in [0, 0.05) is 6.54 Å². The van der Waals surface area contributed by atoms with Gasteiger partial charge in [0.1, 0.15) is 6.04 Å². The maximum atomic E-state index is 12.4. The molecule has 6 nitrogen and oxygen atoms in total. The van der Waals surface area contributed by atoms with Crippen LogP contribution < -0.4 is 21.7 Å². The van der Waals surface area contributed by atoms with E-state index in [0.29, 0.717) is 18.9 Å². The van der Waals surface area contributed by atoms with Crippen LogP contribution in [0.25, 0.3) is 0 Å². The highest BCUT2D eigenvalue weighted by Gasteiger charge is 2.19. The summed E-state index contributed by atoms with van der Waals surface area (Å²) in [5.41, 5.74) is 6.63. The fourth-order valence-electron chi connectivity index (χ4n) is 2.74. The maximum absolute atomic E-state index is 12.4. The Morgan fingerprint density at radius 1 is 1.00 bits per heavy atom. The molecule has 1 aromatic rings. The van der Waals surface area contributed by atoms with Gasteiger partial charge in [-0.1, -0.05) is 44.2 Å². The number of carbonyl (C=O) groups excluding carboxylic acids is 2. The summed E-state index contributed by atoms with van der Waals surface area (Å²) in [7, 11) is 0. The molecule has 0 unspecified atom stereocenters. The van der Waals surface area contributed by atoms with Crippen molar-refractivity contribution in [3.8, 4) is 0 Å². The summed E-state index contributed by atoms with van der Waals surface area (Å²) in [5, 5.41) is 9.04. The minimum absolute atomic E-state index is 0.107. The van der Waals surface area contributed by atoms with Crippen molar-refractivity contribution in [2.75, 3.05) is 26.2 Å². The van der Waals surface area contributed by atoms with Crippen molar-refractivity contribution in [1.29, 1.82) is 0 Å². The van der Waals surface area contributed by atoms with E-state index in [1.165, 1.54) is 5.56 Å². The zero-order valence-electron chi connectivity index (χ0n) is 16.8. The topological polar surface area (TPSA) is 96.2 Å². The van der Waals surface area contributed by atoms with Crippen LogP contribution in [0.15, 0.2) is 30.3 Å². The molecule has 0 aliphatic heterocycles. The molecular weight excluding hydrogens is 340 g/mol. The van der Waals surface area contributed by atoms with Crippen LogP contribution in [0.5, 0.6) is 0 Å². The third-order valence-corrected chi connectivity index (χ3v) is 4.37. The first-order chi connectivity index (χ1) is 13.0. The summed E-state index contributed by atoms with van der Waals surface area (Å²) in [6, 6.07) is 9.66. The molecule has 0 fully saturated rings. The van der Waals surface area contributed by atoms with E-state index >= 15 is 0 Å². The van der Waals surface area contributed by atoms with E-state index in [9.17, 15) is 9.59 Å². The van der Waals surface area contributed by atoms with Gasteiger partial charge in [-0.3, -0.25) is 9.59 Å². The van der Waals surface area contributed by atoms with Gasteiger partial charge in [0.2, 0.25) is 11.8 Å². The quantitative estimate of drug-likeness (QED) is 0.371. The molecule has 1 atom stereocenters. The number of carbonyl (C=O) groups is 2. The number of hydrogen-bond donors (Lipinski definition) is 4. The Labute approximate surface area is 163 Å². The average Bonchev–Trinajstić information content (AvgIpc) is 2.67. The van der Waals surface area contributed by atoms with Gasteiger partial charge in [-0.05, 0) is 56.7 Å². The van der Waals surface area contributed by atoms with Crippen LogP contribution in [0, 0.1) is 5.92 Å². The van der Waals surface area contributed by atoms with Gasteiger partial charge < -0.3 is 21.7 Å². The molecule has 27 heavy (non-hydrogen) atoms. The van der Waals surface area contributed by atoms with Crippen molar-refractivity contribution in [2.24, 2.45) is 11.7 Å². The molecule has 0 heterocycles. The smallest absolute Gasteiger partial charge is 0.242 e. The van der Waals surface area contributed by atoms with Crippen LogP contribution >= 0.6 is 0 Å². The Balaban J connectivity index is 2.30. The largest absolute Gasteiger partial charge is 0.354 e. The molecule has 6 heteroatoms. The molecule has 0 saturated heterocycles. The first-order valence-electron chi connectivity index (χ1n) is 10.0. The molecule has 0 spiro atoms. The summed E-state index contributed by atoms with van der Waals surface area (Å²) in [4.78, 5) is 24.0. The Kier molecular flexibility index (Phi) is 12.1. The van der Waals surface area contributed by atoms with Gasteiger partial charge in [0.25, 0.3) is 0 Å². The molecule has 0 aliphatic carbocycles. The van der Waals surface area contributed by atoms with Gasteiger partial charge in [-0.2, -0.15) is 0 Å². The van der Waals surface area contributed by atoms with Crippen molar-refractivity contribution >= 4 is 11.8 Å². The number of hydrogen-bond acceptors (Lipinski definition) is 4. The summed E-state index contributed by atoms with van der Waals surface area (Å²) < 4.78 is 0. The van der Waals surface area contributed by atoms with Gasteiger partial charge in [-0.15, -0.1) is 0 Å². The summed E-state index contributed by atoms with van der Waals surface area (Å²) in [6.45, 7) is 6.69.